The standard InChI is InChI=1S/C26H23N5O4S/c1-15-5-3-4-6-20(15)30-12-18(11-24(30)32)25(33)28-23-9-16(2)29-31(23)26-27-19(13-36-26)17-7-8-21-22(10-17)35-14-34-21/h3-10,13,18H,11-12,14H2,1-2H3,(H,28,33). The molecule has 0 spiro atoms. The van der Waals surface area contributed by atoms with Gasteiger partial charge in [-0.3, -0.25) is 9.59 Å². The highest BCUT2D eigenvalue weighted by atomic mass is 32.1. The molecule has 4 heterocycles. The van der Waals surface area contributed by atoms with Crippen molar-refractivity contribution >= 4 is 34.7 Å². The number of hydrogen-bond acceptors (Lipinski definition) is 7. The van der Waals surface area contributed by atoms with Crippen molar-refractivity contribution in [2.45, 2.75) is 20.3 Å². The summed E-state index contributed by atoms with van der Waals surface area (Å²) in [5.41, 5.74) is 4.26. The van der Waals surface area contributed by atoms with Crippen LogP contribution in [0.4, 0.5) is 11.5 Å². The number of nitrogens with zero attached hydrogens (tertiary/aromatic N) is 4. The lowest BCUT2D eigenvalue weighted by atomic mass is 10.1. The fourth-order valence-electron chi connectivity index (χ4n) is 4.49. The molecule has 1 fully saturated rings. The van der Waals surface area contributed by atoms with Gasteiger partial charge in [-0.15, -0.1) is 11.3 Å². The minimum Gasteiger partial charge on any atom is -0.454 e. The van der Waals surface area contributed by atoms with Crippen molar-refractivity contribution in [3.63, 3.8) is 0 Å². The molecule has 2 aliphatic rings. The van der Waals surface area contributed by atoms with Gasteiger partial charge in [0.15, 0.2) is 11.5 Å². The third-order valence-corrected chi connectivity index (χ3v) is 7.14. The predicted molar refractivity (Wildman–Crippen MR) is 136 cm³/mol. The smallest absolute Gasteiger partial charge is 0.231 e. The molecule has 1 N–H and O–H groups in total. The molecular weight excluding hydrogens is 478 g/mol. The van der Waals surface area contributed by atoms with Gasteiger partial charge in [-0.25, -0.2) is 4.98 Å². The van der Waals surface area contributed by atoms with Crippen LogP contribution >= 0.6 is 11.3 Å². The highest BCUT2D eigenvalue weighted by molar-refractivity contribution is 7.12. The van der Waals surface area contributed by atoms with Crippen LogP contribution in [0.15, 0.2) is 53.9 Å². The Bertz CT molecular complexity index is 1490. The molecule has 36 heavy (non-hydrogen) atoms. The van der Waals surface area contributed by atoms with Crippen LogP contribution in [0, 0.1) is 19.8 Å². The summed E-state index contributed by atoms with van der Waals surface area (Å²) in [5, 5.41) is 10.1. The number of carbonyl (C=O) groups excluding carboxylic acids is 2. The molecule has 1 unspecified atom stereocenters. The van der Waals surface area contributed by atoms with E-state index in [1.165, 1.54) is 11.3 Å². The Kier molecular flexibility index (Phi) is 5.45. The number of ether oxygens (including phenoxy) is 2. The molecule has 4 aromatic rings. The summed E-state index contributed by atoms with van der Waals surface area (Å²) in [6.45, 7) is 4.38. The summed E-state index contributed by atoms with van der Waals surface area (Å²) in [7, 11) is 0. The van der Waals surface area contributed by atoms with Crippen LogP contribution in [0.1, 0.15) is 17.7 Å². The zero-order valence-electron chi connectivity index (χ0n) is 19.7. The van der Waals surface area contributed by atoms with Gasteiger partial charge in [0, 0.05) is 35.7 Å². The average molecular weight is 502 g/mol. The van der Waals surface area contributed by atoms with Crippen LogP contribution in [0.5, 0.6) is 11.5 Å². The molecule has 1 saturated heterocycles. The van der Waals surface area contributed by atoms with Gasteiger partial charge in [0.1, 0.15) is 5.82 Å². The topological polar surface area (TPSA) is 98.6 Å². The number of benzene rings is 2. The minimum absolute atomic E-state index is 0.0533. The monoisotopic (exact) mass is 501 g/mol. The summed E-state index contributed by atoms with van der Waals surface area (Å²) in [6.07, 6.45) is 0.165. The van der Waals surface area contributed by atoms with E-state index < -0.39 is 5.92 Å². The molecule has 2 aromatic heterocycles. The van der Waals surface area contributed by atoms with E-state index in [0.29, 0.717) is 29.0 Å². The van der Waals surface area contributed by atoms with E-state index in [2.05, 4.69) is 10.4 Å². The van der Waals surface area contributed by atoms with Crippen LogP contribution in [-0.2, 0) is 9.59 Å². The van der Waals surface area contributed by atoms with Gasteiger partial charge >= 0.3 is 0 Å². The third-order valence-electron chi connectivity index (χ3n) is 6.33. The molecule has 2 aliphatic heterocycles. The second-order valence-electron chi connectivity index (χ2n) is 8.85. The number of para-hydroxylation sites is 1. The first-order chi connectivity index (χ1) is 17.5. The van der Waals surface area contributed by atoms with Crippen LogP contribution in [0.2, 0.25) is 0 Å². The number of thiazole rings is 1. The van der Waals surface area contributed by atoms with Crippen LogP contribution in [0.25, 0.3) is 16.4 Å². The van der Waals surface area contributed by atoms with E-state index in [1.807, 2.05) is 61.7 Å². The normalized spacial score (nSPS) is 16.6. The van der Waals surface area contributed by atoms with E-state index in [1.54, 1.807) is 15.6 Å². The first kappa shape index (κ1) is 22.3. The Morgan fingerprint density at radius 1 is 1.11 bits per heavy atom. The van der Waals surface area contributed by atoms with Gasteiger partial charge in [0.2, 0.25) is 23.7 Å². The summed E-state index contributed by atoms with van der Waals surface area (Å²) < 4.78 is 12.5. The summed E-state index contributed by atoms with van der Waals surface area (Å²) in [5.74, 6) is 1.20. The van der Waals surface area contributed by atoms with Crippen molar-refractivity contribution < 1.29 is 19.1 Å². The van der Waals surface area contributed by atoms with Crippen molar-refractivity contribution in [3.8, 4) is 27.9 Å². The van der Waals surface area contributed by atoms with Gasteiger partial charge in [-0.05, 0) is 43.7 Å². The lowest BCUT2D eigenvalue weighted by molar-refractivity contribution is -0.122. The molecule has 1 atom stereocenters. The second kappa shape index (κ2) is 8.80. The van der Waals surface area contributed by atoms with Gasteiger partial charge < -0.3 is 19.7 Å². The molecule has 0 radical (unpaired) electrons. The van der Waals surface area contributed by atoms with E-state index in [-0.39, 0.29) is 25.0 Å². The Morgan fingerprint density at radius 2 is 1.94 bits per heavy atom. The van der Waals surface area contributed by atoms with E-state index >= 15 is 0 Å². The van der Waals surface area contributed by atoms with Gasteiger partial charge in [0.25, 0.3) is 0 Å². The van der Waals surface area contributed by atoms with Crippen molar-refractivity contribution in [3.05, 3.63) is 65.2 Å². The molecule has 10 heteroatoms. The quantitative estimate of drug-likeness (QED) is 0.437. The molecule has 0 saturated carbocycles. The molecule has 0 aliphatic carbocycles. The maximum atomic E-state index is 13.2. The lowest BCUT2D eigenvalue weighted by Gasteiger charge is -2.19. The van der Waals surface area contributed by atoms with E-state index in [4.69, 9.17) is 14.5 Å². The number of rotatable bonds is 5. The van der Waals surface area contributed by atoms with E-state index in [9.17, 15) is 9.59 Å². The molecule has 2 aromatic carbocycles. The number of amides is 2. The van der Waals surface area contributed by atoms with E-state index in [0.717, 1.165) is 28.2 Å². The number of anilines is 2. The Hall–Kier alpha value is -4.18. The maximum Gasteiger partial charge on any atom is 0.231 e. The SMILES string of the molecule is Cc1cc(NC(=O)C2CC(=O)N(c3ccccc3C)C2)n(-c2nc(-c3ccc4c(c3)OCO4)cs2)n1. The number of aryl methyl sites for hydroxylation is 2. The molecule has 2 amide bonds. The molecule has 9 nitrogen and oxygen atoms in total. The Balaban J connectivity index is 1.21. The summed E-state index contributed by atoms with van der Waals surface area (Å²) >= 11 is 1.42. The largest absolute Gasteiger partial charge is 0.454 e. The number of fused-ring (bicyclic) bond motifs is 1. The molecule has 6 rings (SSSR count). The number of aromatic nitrogens is 3. The van der Waals surface area contributed by atoms with Crippen LogP contribution in [-0.4, -0.2) is 39.9 Å². The average Bonchev–Trinajstić information content (AvgIpc) is 3.65. The summed E-state index contributed by atoms with van der Waals surface area (Å²) in [6, 6.07) is 15.2. The van der Waals surface area contributed by atoms with Crippen LogP contribution < -0.4 is 19.7 Å². The maximum absolute atomic E-state index is 13.2. The first-order valence-corrected chi connectivity index (χ1v) is 12.4. The predicted octanol–water partition coefficient (Wildman–Crippen LogP) is 4.33. The summed E-state index contributed by atoms with van der Waals surface area (Å²) in [4.78, 5) is 32.3. The number of nitrogens with one attached hydrogen (secondary N) is 1. The van der Waals surface area contributed by atoms with Gasteiger partial charge in [-0.1, -0.05) is 18.2 Å². The van der Waals surface area contributed by atoms with Crippen molar-refractivity contribution in [2.24, 2.45) is 5.92 Å². The van der Waals surface area contributed by atoms with Crippen molar-refractivity contribution in [1.82, 2.24) is 14.8 Å². The molecule has 0 bridgehead atoms. The van der Waals surface area contributed by atoms with Crippen molar-refractivity contribution in [1.29, 1.82) is 0 Å². The zero-order chi connectivity index (χ0) is 24.8. The highest BCUT2D eigenvalue weighted by Crippen LogP contribution is 2.37. The Labute approximate surface area is 211 Å². The lowest BCUT2D eigenvalue weighted by Crippen LogP contribution is -2.29. The molecule has 182 valence electrons. The fourth-order valence-corrected chi connectivity index (χ4v) is 5.29. The van der Waals surface area contributed by atoms with Crippen LogP contribution in [0.3, 0.4) is 0 Å². The zero-order valence-corrected chi connectivity index (χ0v) is 20.5. The first-order valence-electron chi connectivity index (χ1n) is 11.6. The minimum atomic E-state index is -0.457. The van der Waals surface area contributed by atoms with Gasteiger partial charge in [0.05, 0.1) is 17.3 Å². The second-order valence-corrected chi connectivity index (χ2v) is 9.68. The molecular formula is C26H23N5O4S. The number of carbonyl (C=O) groups is 2. The number of hydrogen-bond donors (Lipinski definition) is 1. The Morgan fingerprint density at radius 3 is 2.81 bits per heavy atom. The fraction of sp³-hybridized carbons (Fsp3) is 0.231. The third kappa shape index (κ3) is 3.99. The highest BCUT2D eigenvalue weighted by Gasteiger charge is 2.36. The van der Waals surface area contributed by atoms with Gasteiger partial charge in [-0.2, -0.15) is 9.78 Å². The van der Waals surface area contributed by atoms with Crippen molar-refractivity contribution in [2.75, 3.05) is 23.6 Å².